The fraction of sp³-hybridized carbons (Fsp3) is 0.588. The summed E-state index contributed by atoms with van der Waals surface area (Å²) in [4.78, 5) is 12.3. The molecule has 0 aliphatic carbocycles. The highest BCUT2D eigenvalue weighted by Gasteiger charge is 2.45. The Labute approximate surface area is 159 Å². The molecule has 0 amide bonds. The van der Waals surface area contributed by atoms with Crippen LogP contribution in [0.25, 0.3) is 0 Å². The highest BCUT2D eigenvalue weighted by molar-refractivity contribution is 7.89. The number of sulfonamides is 1. The van der Waals surface area contributed by atoms with Gasteiger partial charge < -0.3 is 14.2 Å². The first kappa shape index (κ1) is 21.0. The van der Waals surface area contributed by atoms with Crippen molar-refractivity contribution in [3.8, 4) is 5.75 Å². The van der Waals surface area contributed by atoms with Crippen LogP contribution in [0, 0.1) is 5.41 Å². The zero-order valence-electron chi connectivity index (χ0n) is 14.7. The van der Waals surface area contributed by atoms with Gasteiger partial charge in [-0.15, -0.1) is 0 Å². The van der Waals surface area contributed by atoms with E-state index in [9.17, 15) is 13.2 Å². The zero-order chi connectivity index (χ0) is 19.0. The Balaban J connectivity index is 1.88. The molecule has 0 saturated carbocycles. The van der Waals surface area contributed by atoms with Gasteiger partial charge in [0.25, 0.3) is 0 Å². The summed E-state index contributed by atoms with van der Waals surface area (Å²) < 4.78 is 43.2. The normalized spacial score (nSPS) is 16.8. The summed E-state index contributed by atoms with van der Waals surface area (Å²) in [6.07, 6.45) is 0.655. The number of rotatable bonds is 9. The van der Waals surface area contributed by atoms with Crippen molar-refractivity contribution in [2.75, 3.05) is 38.7 Å². The van der Waals surface area contributed by atoms with Gasteiger partial charge in [-0.25, -0.2) is 13.1 Å². The molecule has 1 saturated heterocycles. The Kier molecular flexibility index (Phi) is 7.69. The smallest absolute Gasteiger partial charge is 0.313 e. The molecule has 2 rings (SSSR count). The minimum absolute atomic E-state index is 0.0976. The van der Waals surface area contributed by atoms with Gasteiger partial charge in [0.05, 0.1) is 17.8 Å². The van der Waals surface area contributed by atoms with Gasteiger partial charge in [-0.1, -0.05) is 11.6 Å². The second-order valence-corrected chi connectivity index (χ2v) is 8.31. The van der Waals surface area contributed by atoms with Crippen LogP contribution in [0.5, 0.6) is 5.75 Å². The highest BCUT2D eigenvalue weighted by atomic mass is 35.5. The minimum atomic E-state index is -3.67. The van der Waals surface area contributed by atoms with Gasteiger partial charge in [0.1, 0.15) is 12.4 Å². The largest absolute Gasteiger partial charge is 0.492 e. The average molecular weight is 406 g/mol. The number of benzene rings is 1. The molecule has 0 aromatic heterocycles. The highest BCUT2D eigenvalue weighted by Crippen LogP contribution is 2.33. The quantitative estimate of drug-likeness (QED) is 0.499. The van der Waals surface area contributed by atoms with Crippen LogP contribution in [0.2, 0.25) is 5.02 Å². The average Bonchev–Trinajstić information content (AvgIpc) is 2.61. The third-order valence-electron chi connectivity index (χ3n) is 4.13. The van der Waals surface area contributed by atoms with Crippen molar-refractivity contribution in [1.29, 1.82) is 0 Å². The van der Waals surface area contributed by atoms with Crippen LogP contribution in [0.15, 0.2) is 24.3 Å². The second kappa shape index (κ2) is 9.55. The standard InChI is InChI=1S/C17H24ClNO6S/c1-2-24-16(20)17(7-10-23-11-8-17)13-26(21,22)19-9-12-25-15-5-3-14(18)4-6-15/h3-6,19H,2,7-13H2,1H3. The van der Waals surface area contributed by atoms with Crippen LogP contribution in [0.1, 0.15) is 19.8 Å². The van der Waals surface area contributed by atoms with Crippen molar-refractivity contribution >= 4 is 27.6 Å². The second-order valence-electron chi connectivity index (χ2n) is 6.07. The van der Waals surface area contributed by atoms with Crippen molar-refractivity contribution in [3.05, 3.63) is 29.3 Å². The number of hydrogen-bond acceptors (Lipinski definition) is 6. The molecule has 1 aliphatic heterocycles. The molecule has 1 heterocycles. The monoisotopic (exact) mass is 405 g/mol. The molecule has 1 aliphatic rings. The van der Waals surface area contributed by atoms with Crippen LogP contribution in [0.4, 0.5) is 0 Å². The molecule has 0 atom stereocenters. The maximum atomic E-state index is 12.4. The van der Waals surface area contributed by atoms with Gasteiger partial charge in [-0.05, 0) is 44.0 Å². The first-order chi connectivity index (χ1) is 12.4. The van der Waals surface area contributed by atoms with Gasteiger partial charge in [0, 0.05) is 24.8 Å². The number of halogens is 1. The van der Waals surface area contributed by atoms with E-state index in [-0.39, 0.29) is 25.5 Å². The molecule has 26 heavy (non-hydrogen) atoms. The van der Waals surface area contributed by atoms with E-state index >= 15 is 0 Å². The van der Waals surface area contributed by atoms with Crippen molar-refractivity contribution in [3.63, 3.8) is 0 Å². The van der Waals surface area contributed by atoms with E-state index in [0.29, 0.717) is 36.8 Å². The lowest BCUT2D eigenvalue weighted by Gasteiger charge is -2.34. The molecule has 1 fully saturated rings. The molecule has 0 radical (unpaired) electrons. The topological polar surface area (TPSA) is 90.9 Å². The SMILES string of the molecule is CCOC(=O)C1(CS(=O)(=O)NCCOc2ccc(Cl)cc2)CCOCC1. The van der Waals surface area contributed by atoms with Crippen molar-refractivity contribution in [2.24, 2.45) is 5.41 Å². The van der Waals surface area contributed by atoms with Crippen molar-refractivity contribution < 1.29 is 27.4 Å². The fourth-order valence-corrected chi connectivity index (χ4v) is 4.52. The number of ether oxygens (including phenoxy) is 3. The van der Waals surface area contributed by atoms with E-state index in [1.807, 2.05) is 0 Å². The summed E-state index contributed by atoms with van der Waals surface area (Å²) in [6.45, 7) is 2.86. The third-order valence-corrected chi connectivity index (χ3v) is 5.96. The minimum Gasteiger partial charge on any atom is -0.492 e. The lowest BCUT2D eigenvalue weighted by molar-refractivity contribution is -0.159. The summed E-state index contributed by atoms with van der Waals surface area (Å²) in [7, 11) is -3.67. The Morgan fingerprint density at radius 1 is 1.27 bits per heavy atom. The molecular formula is C17H24ClNO6S. The van der Waals surface area contributed by atoms with Crippen LogP contribution >= 0.6 is 11.6 Å². The van der Waals surface area contributed by atoms with E-state index in [1.54, 1.807) is 31.2 Å². The van der Waals surface area contributed by atoms with Crippen LogP contribution in [-0.2, 0) is 24.3 Å². The van der Waals surface area contributed by atoms with E-state index in [2.05, 4.69) is 4.72 Å². The molecule has 1 aromatic carbocycles. The summed E-state index contributed by atoms with van der Waals surface area (Å²) in [5.41, 5.74) is -1.06. The van der Waals surface area contributed by atoms with Gasteiger partial charge in [0.2, 0.25) is 10.0 Å². The van der Waals surface area contributed by atoms with Crippen LogP contribution in [0.3, 0.4) is 0 Å². The van der Waals surface area contributed by atoms with Gasteiger partial charge in [0.15, 0.2) is 0 Å². The Bertz CT molecular complexity index is 686. The summed E-state index contributed by atoms with van der Waals surface area (Å²) in [5.74, 6) is -0.199. The molecule has 7 nitrogen and oxygen atoms in total. The molecular weight excluding hydrogens is 382 g/mol. The zero-order valence-corrected chi connectivity index (χ0v) is 16.3. The fourth-order valence-electron chi connectivity index (χ4n) is 2.77. The predicted octanol–water partition coefficient (Wildman–Crippen LogP) is 2.00. The van der Waals surface area contributed by atoms with E-state index < -0.39 is 21.4 Å². The number of esters is 1. The number of hydrogen-bond donors (Lipinski definition) is 1. The van der Waals surface area contributed by atoms with E-state index in [1.165, 1.54) is 0 Å². The third kappa shape index (κ3) is 6.12. The van der Waals surface area contributed by atoms with Gasteiger partial charge in [-0.3, -0.25) is 4.79 Å². The molecule has 1 aromatic rings. The Morgan fingerprint density at radius 2 is 1.92 bits per heavy atom. The Morgan fingerprint density at radius 3 is 2.54 bits per heavy atom. The number of nitrogens with one attached hydrogen (secondary N) is 1. The van der Waals surface area contributed by atoms with Crippen LogP contribution in [-0.4, -0.2) is 53.1 Å². The maximum absolute atomic E-state index is 12.4. The van der Waals surface area contributed by atoms with E-state index in [0.717, 1.165) is 0 Å². The van der Waals surface area contributed by atoms with Gasteiger partial charge >= 0.3 is 5.97 Å². The van der Waals surface area contributed by atoms with E-state index in [4.69, 9.17) is 25.8 Å². The first-order valence-corrected chi connectivity index (χ1v) is 10.5. The summed E-state index contributed by atoms with van der Waals surface area (Å²) >= 11 is 5.79. The number of carbonyl (C=O) groups excluding carboxylic acids is 1. The molecule has 146 valence electrons. The van der Waals surface area contributed by atoms with Crippen molar-refractivity contribution in [2.45, 2.75) is 19.8 Å². The first-order valence-electron chi connectivity index (χ1n) is 8.47. The number of carbonyl (C=O) groups is 1. The maximum Gasteiger partial charge on any atom is 0.313 e. The lowest BCUT2D eigenvalue weighted by atomic mass is 9.82. The lowest BCUT2D eigenvalue weighted by Crippen LogP contribution is -2.47. The molecule has 0 unspecified atom stereocenters. The molecule has 0 bridgehead atoms. The van der Waals surface area contributed by atoms with Gasteiger partial charge in [-0.2, -0.15) is 0 Å². The van der Waals surface area contributed by atoms with Crippen molar-refractivity contribution in [1.82, 2.24) is 4.72 Å². The predicted molar refractivity (Wildman–Crippen MR) is 97.9 cm³/mol. The molecule has 9 heteroatoms. The van der Waals surface area contributed by atoms with Crippen LogP contribution < -0.4 is 9.46 Å². The summed E-state index contributed by atoms with van der Waals surface area (Å²) in [6, 6.07) is 6.79. The summed E-state index contributed by atoms with van der Waals surface area (Å²) in [5, 5.41) is 0.596. The molecule has 0 spiro atoms. The molecule has 1 N–H and O–H groups in total. The Hall–Kier alpha value is -1.35.